The Labute approximate surface area is 101 Å². The Balaban J connectivity index is 2.05. The van der Waals surface area contributed by atoms with E-state index >= 15 is 0 Å². The summed E-state index contributed by atoms with van der Waals surface area (Å²) in [6.45, 7) is 0.839. The standard InChI is InChI=1S/C11H11BrN2S/c12-10-5-9(13)1-2-11(10)14-6-8-3-4-15-7-8/h1-5,7,14H,6,13H2. The molecule has 0 fully saturated rings. The van der Waals surface area contributed by atoms with Gasteiger partial charge in [0.1, 0.15) is 0 Å². The molecule has 3 N–H and O–H groups in total. The maximum absolute atomic E-state index is 5.66. The molecular formula is C11H11BrN2S. The molecule has 0 aliphatic rings. The number of anilines is 2. The van der Waals surface area contributed by atoms with E-state index in [2.05, 4.69) is 38.1 Å². The number of nitrogens with one attached hydrogen (secondary N) is 1. The van der Waals surface area contributed by atoms with Gasteiger partial charge in [-0.2, -0.15) is 11.3 Å². The van der Waals surface area contributed by atoms with E-state index in [0.29, 0.717) is 0 Å². The van der Waals surface area contributed by atoms with Crippen LogP contribution >= 0.6 is 27.3 Å². The van der Waals surface area contributed by atoms with Crippen LogP contribution in [0.25, 0.3) is 0 Å². The number of rotatable bonds is 3. The fourth-order valence-corrected chi connectivity index (χ4v) is 2.47. The molecule has 0 saturated heterocycles. The zero-order valence-corrected chi connectivity index (χ0v) is 10.4. The summed E-state index contributed by atoms with van der Waals surface area (Å²) >= 11 is 5.18. The van der Waals surface area contributed by atoms with Crippen LogP contribution in [0.2, 0.25) is 0 Å². The van der Waals surface area contributed by atoms with Crippen LogP contribution in [0, 0.1) is 0 Å². The van der Waals surface area contributed by atoms with Gasteiger partial charge >= 0.3 is 0 Å². The summed E-state index contributed by atoms with van der Waals surface area (Å²) in [6.07, 6.45) is 0. The number of thiophene rings is 1. The van der Waals surface area contributed by atoms with Crippen molar-refractivity contribution in [2.75, 3.05) is 11.1 Å². The van der Waals surface area contributed by atoms with Gasteiger partial charge in [0, 0.05) is 22.4 Å². The lowest BCUT2D eigenvalue weighted by atomic mass is 10.2. The summed E-state index contributed by atoms with van der Waals surface area (Å²) < 4.78 is 0.998. The molecule has 0 bridgehead atoms. The van der Waals surface area contributed by atoms with Crippen molar-refractivity contribution in [2.45, 2.75) is 6.54 Å². The first-order chi connectivity index (χ1) is 7.25. The van der Waals surface area contributed by atoms with Gasteiger partial charge < -0.3 is 11.1 Å². The van der Waals surface area contributed by atoms with Gasteiger partial charge in [-0.15, -0.1) is 0 Å². The minimum absolute atomic E-state index is 0.767. The van der Waals surface area contributed by atoms with Gasteiger partial charge in [0.15, 0.2) is 0 Å². The Morgan fingerprint density at radius 3 is 2.87 bits per heavy atom. The van der Waals surface area contributed by atoms with E-state index in [1.807, 2.05) is 18.2 Å². The van der Waals surface area contributed by atoms with E-state index in [-0.39, 0.29) is 0 Å². The van der Waals surface area contributed by atoms with E-state index in [0.717, 1.165) is 22.4 Å². The molecule has 1 aromatic heterocycles. The topological polar surface area (TPSA) is 38.0 Å². The molecule has 1 heterocycles. The molecule has 2 aromatic rings. The number of nitrogen functional groups attached to an aromatic ring is 1. The summed E-state index contributed by atoms with van der Waals surface area (Å²) in [5.41, 5.74) is 8.79. The van der Waals surface area contributed by atoms with Crippen molar-refractivity contribution >= 4 is 38.6 Å². The Morgan fingerprint density at radius 1 is 1.33 bits per heavy atom. The third kappa shape index (κ3) is 2.73. The molecule has 0 unspecified atom stereocenters. The SMILES string of the molecule is Nc1ccc(NCc2ccsc2)c(Br)c1. The first-order valence-corrected chi connectivity index (χ1v) is 6.29. The van der Waals surface area contributed by atoms with Crippen molar-refractivity contribution < 1.29 is 0 Å². The molecule has 15 heavy (non-hydrogen) atoms. The number of halogens is 1. The first-order valence-electron chi connectivity index (χ1n) is 4.55. The second kappa shape index (κ2) is 4.68. The molecule has 2 nitrogen and oxygen atoms in total. The third-order valence-electron chi connectivity index (χ3n) is 2.06. The van der Waals surface area contributed by atoms with Gasteiger partial charge in [-0.05, 0) is 56.5 Å². The van der Waals surface area contributed by atoms with Crippen LogP contribution in [0.3, 0.4) is 0 Å². The van der Waals surface area contributed by atoms with Crippen molar-refractivity contribution in [1.29, 1.82) is 0 Å². The fourth-order valence-electron chi connectivity index (χ4n) is 1.27. The Hall–Kier alpha value is -1.00. The highest BCUT2D eigenvalue weighted by atomic mass is 79.9. The number of hydrogen-bond donors (Lipinski definition) is 2. The van der Waals surface area contributed by atoms with E-state index in [1.54, 1.807) is 11.3 Å². The van der Waals surface area contributed by atoms with Crippen LogP contribution < -0.4 is 11.1 Å². The number of nitrogens with two attached hydrogens (primary N) is 1. The van der Waals surface area contributed by atoms with Gasteiger partial charge in [0.2, 0.25) is 0 Å². The molecule has 0 saturated carbocycles. The van der Waals surface area contributed by atoms with Crippen molar-refractivity contribution in [2.24, 2.45) is 0 Å². The second-order valence-electron chi connectivity index (χ2n) is 3.22. The predicted octanol–water partition coefficient (Wildman–Crippen LogP) is 3.70. The fraction of sp³-hybridized carbons (Fsp3) is 0.0909. The normalized spacial score (nSPS) is 10.2. The van der Waals surface area contributed by atoms with Gasteiger partial charge in [0.25, 0.3) is 0 Å². The zero-order valence-electron chi connectivity index (χ0n) is 8.03. The number of hydrogen-bond acceptors (Lipinski definition) is 3. The van der Waals surface area contributed by atoms with Crippen LogP contribution in [-0.2, 0) is 6.54 Å². The molecule has 0 atom stereocenters. The lowest BCUT2D eigenvalue weighted by molar-refractivity contribution is 1.16. The van der Waals surface area contributed by atoms with Crippen LogP contribution in [0.15, 0.2) is 39.5 Å². The van der Waals surface area contributed by atoms with Crippen LogP contribution in [0.5, 0.6) is 0 Å². The quantitative estimate of drug-likeness (QED) is 0.843. The highest BCUT2D eigenvalue weighted by Crippen LogP contribution is 2.25. The maximum Gasteiger partial charge on any atom is 0.0488 e. The van der Waals surface area contributed by atoms with E-state index in [9.17, 15) is 0 Å². The van der Waals surface area contributed by atoms with Gasteiger partial charge in [-0.3, -0.25) is 0 Å². The second-order valence-corrected chi connectivity index (χ2v) is 4.86. The Bertz CT molecular complexity index is 440. The Kier molecular flexibility index (Phi) is 3.28. The van der Waals surface area contributed by atoms with Crippen molar-refractivity contribution in [1.82, 2.24) is 0 Å². The summed E-state index contributed by atoms with van der Waals surface area (Å²) in [4.78, 5) is 0. The van der Waals surface area contributed by atoms with Crippen LogP contribution in [0.4, 0.5) is 11.4 Å². The molecule has 2 rings (SSSR count). The average Bonchev–Trinajstić information content (AvgIpc) is 2.69. The molecule has 1 aromatic carbocycles. The van der Waals surface area contributed by atoms with Crippen molar-refractivity contribution in [3.8, 4) is 0 Å². The summed E-state index contributed by atoms with van der Waals surface area (Å²) in [5.74, 6) is 0. The summed E-state index contributed by atoms with van der Waals surface area (Å²) in [7, 11) is 0. The number of benzene rings is 1. The minimum atomic E-state index is 0.767. The molecule has 0 amide bonds. The molecule has 0 aliphatic carbocycles. The molecule has 4 heteroatoms. The molecule has 0 radical (unpaired) electrons. The van der Waals surface area contributed by atoms with Crippen LogP contribution in [0.1, 0.15) is 5.56 Å². The lowest BCUT2D eigenvalue weighted by Crippen LogP contribution is -1.99. The highest BCUT2D eigenvalue weighted by Gasteiger charge is 1.99. The zero-order chi connectivity index (χ0) is 10.7. The largest absolute Gasteiger partial charge is 0.399 e. The molecule has 78 valence electrons. The van der Waals surface area contributed by atoms with E-state index in [4.69, 9.17) is 5.73 Å². The van der Waals surface area contributed by atoms with Gasteiger partial charge in [-0.25, -0.2) is 0 Å². The van der Waals surface area contributed by atoms with E-state index < -0.39 is 0 Å². The summed E-state index contributed by atoms with van der Waals surface area (Å²) in [5, 5.41) is 7.56. The minimum Gasteiger partial charge on any atom is -0.399 e. The van der Waals surface area contributed by atoms with Crippen molar-refractivity contribution in [3.05, 3.63) is 45.1 Å². The lowest BCUT2D eigenvalue weighted by Gasteiger charge is -2.07. The maximum atomic E-state index is 5.66. The monoisotopic (exact) mass is 282 g/mol. The predicted molar refractivity (Wildman–Crippen MR) is 70.2 cm³/mol. The molecule has 0 spiro atoms. The highest BCUT2D eigenvalue weighted by molar-refractivity contribution is 9.10. The van der Waals surface area contributed by atoms with Gasteiger partial charge in [0.05, 0.1) is 0 Å². The molecular weight excluding hydrogens is 272 g/mol. The van der Waals surface area contributed by atoms with Crippen molar-refractivity contribution in [3.63, 3.8) is 0 Å². The average molecular weight is 283 g/mol. The summed E-state index contributed by atoms with van der Waals surface area (Å²) in [6, 6.07) is 7.88. The molecule has 0 aliphatic heterocycles. The van der Waals surface area contributed by atoms with Gasteiger partial charge in [-0.1, -0.05) is 0 Å². The van der Waals surface area contributed by atoms with E-state index in [1.165, 1.54) is 5.56 Å². The first kappa shape index (κ1) is 10.5. The smallest absolute Gasteiger partial charge is 0.0488 e. The Morgan fingerprint density at radius 2 is 2.20 bits per heavy atom. The van der Waals surface area contributed by atoms with Crippen LogP contribution in [-0.4, -0.2) is 0 Å². The third-order valence-corrected chi connectivity index (χ3v) is 3.44.